The summed E-state index contributed by atoms with van der Waals surface area (Å²) in [5, 5.41) is 6.44. The predicted molar refractivity (Wildman–Crippen MR) is 91.2 cm³/mol. The number of rotatable bonds is 11. The molecule has 1 aromatic carbocycles. The molecule has 0 aromatic heterocycles. The second kappa shape index (κ2) is 13.1. The fourth-order valence-corrected chi connectivity index (χ4v) is 1.88. The molecule has 5 nitrogen and oxygen atoms in total. The molecule has 0 aliphatic rings. The quantitative estimate of drug-likeness (QED) is 0.374. The summed E-state index contributed by atoms with van der Waals surface area (Å²) in [6.45, 7) is 6.63. The molecule has 0 atom stereocenters. The Morgan fingerprint density at radius 1 is 1.09 bits per heavy atom. The topological polar surface area (TPSA) is 54.9 Å². The molecule has 0 heterocycles. The molecule has 0 aliphatic heterocycles. The third kappa shape index (κ3) is 9.37. The van der Waals surface area contributed by atoms with Gasteiger partial charge in [-0.1, -0.05) is 30.3 Å². The number of benzene rings is 1. The zero-order valence-electron chi connectivity index (χ0n) is 13.8. The molecule has 1 rings (SSSR count). The van der Waals surface area contributed by atoms with Crippen LogP contribution < -0.4 is 10.6 Å². The lowest BCUT2D eigenvalue weighted by Gasteiger charge is -2.10. The number of aliphatic imine (C=N–C) groups is 1. The Kier molecular flexibility index (Phi) is 11.0. The first-order valence-corrected chi connectivity index (χ1v) is 7.99. The van der Waals surface area contributed by atoms with Crippen molar-refractivity contribution in [2.24, 2.45) is 4.99 Å². The van der Waals surface area contributed by atoms with Crippen LogP contribution in [0.3, 0.4) is 0 Å². The molecule has 0 radical (unpaired) electrons. The standard InChI is InChI=1S/C17H29N3O2/c1-3-18-17(20-12-14-21-2)19-11-7-8-13-22-15-16-9-5-4-6-10-16/h4-6,9-10H,3,7-8,11-15H2,1-2H3,(H2,18,19,20). The second-order valence-electron chi connectivity index (χ2n) is 4.93. The SMILES string of the molecule is CCNC(=NCCCCOCc1ccccc1)NCCOC. The highest BCUT2D eigenvalue weighted by Gasteiger charge is 1.96. The number of unbranched alkanes of at least 4 members (excludes halogenated alkanes) is 1. The molecular weight excluding hydrogens is 278 g/mol. The molecule has 0 saturated heterocycles. The van der Waals surface area contributed by atoms with Crippen LogP contribution in [0.4, 0.5) is 0 Å². The Balaban J connectivity index is 2.07. The van der Waals surface area contributed by atoms with Crippen molar-refractivity contribution >= 4 is 5.96 Å². The van der Waals surface area contributed by atoms with E-state index < -0.39 is 0 Å². The Hall–Kier alpha value is -1.59. The van der Waals surface area contributed by atoms with Gasteiger partial charge in [-0.05, 0) is 25.3 Å². The molecule has 0 unspecified atom stereocenters. The second-order valence-corrected chi connectivity index (χ2v) is 4.93. The highest BCUT2D eigenvalue weighted by molar-refractivity contribution is 5.79. The van der Waals surface area contributed by atoms with Gasteiger partial charge in [-0.15, -0.1) is 0 Å². The van der Waals surface area contributed by atoms with Gasteiger partial charge in [-0.25, -0.2) is 0 Å². The minimum Gasteiger partial charge on any atom is -0.383 e. The van der Waals surface area contributed by atoms with Crippen LogP contribution in [-0.4, -0.2) is 45.9 Å². The van der Waals surface area contributed by atoms with E-state index in [1.54, 1.807) is 7.11 Å². The predicted octanol–water partition coefficient (Wildman–Crippen LogP) is 2.18. The molecule has 124 valence electrons. The van der Waals surface area contributed by atoms with Crippen LogP contribution in [0, 0.1) is 0 Å². The fraction of sp³-hybridized carbons (Fsp3) is 0.588. The van der Waals surface area contributed by atoms with Gasteiger partial charge >= 0.3 is 0 Å². The number of hydrogen-bond acceptors (Lipinski definition) is 3. The van der Waals surface area contributed by atoms with Gasteiger partial charge < -0.3 is 20.1 Å². The molecule has 0 spiro atoms. The number of guanidine groups is 1. The number of nitrogens with one attached hydrogen (secondary N) is 2. The van der Waals surface area contributed by atoms with Crippen LogP contribution in [0.5, 0.6) is 0 Å². The summed E-state index contributed by atoms with van der Waals surface area (Å²) in [5.41, 5.74) is 1.22. The summed E-state index contributed by atoms with van der Waals surface area (Å²) in [6.07, 6.45) is 2.05. The smallest absolute Gasteiger partial charge is 0.191 e. The van der Waals surface area contributed by atoms with Crippen LogP contribution in [0.2, 0.25) is 0 Å². The molecule has 5 heteroatoms. The summed E-state index contributed by atoms with van der Waals surface area (Å²) >= 11 is 0. The first-order chi connectivity index (χ1) is 10.9. The van der Waals surface area contributed by atoms with Gasteiger partial charge in [0.05, 0.1) is 13.2 Å². The summed E-state index contributed by atoms with van der Waals surface area (Å²) < 4.78 is 10.7. The van der Waals surface area contributed by atoms with Gasteiger partial charge in [0.1, 0.15) is 0 Å². The third-order valence-electron chi connectivity index (χ3n) is 3.02. The van der Waals surface area contributed by atoms with Crippen LogP contribution >= 0.6 is 0 Å². The largest absolute Gasteiger partial charge is 0.383 e. The lowest BCUT2D eigenvalue weighted by Crippen LogP contribution is -2.39. The highest BCUT2D eigenvalue weighted by atomic mass is 16.5. The monoisotopic (exact) mass is 307 g/mol. The normalized spacial score (nSPS) is 11.5. The van der Waals surface area contributed by atoms with Gasteiger partial charge in [-0.2, -0.15) is 0 Å². The van der Waals surface area contributed by atoms with E-state index in [2.05, 4.69) is 34.7 Å². The van der Waals surface area contributed by atoms with E-state index in [0.717, 1.165) is 45.0 Å². The molecule has 22 heavy (non-hydrogen) atoms. The highest BCUT2D eigenvalue weighted by Crippen LogP contribution is 2.01. The first kappa shape index (κ1) is 18.5. The van der Waals surface area contributed by atoms with Crippen molar-refractivity contribution in [1.29, 1.82) is 0 Å². The van der Waals surface area contributed by atoms with Gasteiger partial charge in [0, 0.05) is 33.4 Å². The average molecular weight is 307 g/mol. The first-order valence-electron chi connectivity index (χ1n) is 7.99. The zero-order valence-corrected chi connectivity index (χ0v) is 13.8. The maximum Gasteiger partial charge on any atom is 0.191 e. The minimum absolute atomic E-state index is 0.678. The van der Waals surface area contributed by atoms with Gasteiger partial charge in [0.15, 0.2) is 5.96 Å². The van der Waals surface area contributed by atoms with Crippen molar-refractivity contribution in [2.75, 3.05) is 40.0 Å². The van der Waals surface area contributed by atoms with Gasteiger partial charge in [0.25, 0.3) is 0 Å². The molecule has 0 saturated carbocycles. The Morgan fingerprint density at radius 2 is 1.91 bits per heavy atom. The van der Waals surface area contributed by atoms with E-state index in [1.165, 1.54) is 5.56 Å². The molecular formula is C17H29N3O2. The van der Waals surface area contributed by atoms with E-state index in [4.69, 9.17) is 9.47 Å². The third-order valence-corrected chi connectivity index (χ3v) is 3.02. The number of hydrogen-bond donors (Lipinski definition) is 2. The van der Waals surface area contributed by atoms with Crippen molar-refractivity contribution in [3.8, 4) is 0 Å². The molecule has 0 aliphatic carbocycles. The van der Waals surface area contributed by atoms with Crippen LogP contribution in [-0.2, 0) is 16.1 Å². The number of ether oxygens (including phenoxy) is 2. The van der Waals surface area contributed by atoms with Crippen molar-refractivity contribution in [1.82, 2.24) is 10.6 Å². The summed E-state index contributed by atoms with van der Waals surface area (Å²) in [4.78, 5) is 4.52. The van der Waals surface area contributed by atoms with Gasteiger partial charge in [0.2, 0.25) is 0 Å². The molecule has 0 bridgehead atoms. The lowest BCUT2D eigenvalue weighted by molar-refractivity contribution is 0.117. The fourth-order valence-electron chi connectivity index (χ4n) is 1.88. The molecule has 0 amide bonds. The zero-order chi connectivity index (χ0) is 15.9. The van der Waals surface area contributed by atoms with Crippen molar-refractivity contribution in [3.63, 3.8) is 0 Å². The lowest BCUT2D eigenvalue weighted by atomic mass is 10.2. The van der Waals surface area contributed by atoms with Crippen LogP contribution in [0.15, 0.2) is 35.3 Å². The van der Waals surface area contributed by atoms with Crippen molar-refractivity contribution in [3.05, 3.63) is 35.9 Å². The van der Waals surface area contributed by atoms with Gasteiger partial charge in [-0.3, -0.25) is 4.99 Å². The van der Waals surface area contributed by atoms with Crippen molar-refractivity contribution in [2.45, 2.75) is 26.4 Å². The van der Waals surface area contributed by atoms with E-state index in [0.29, 0.717) is 13.2 Å². The average Bonchev–Trinajstić information content (AvgIpc) is 2.55. The van der Waals surface area contributed by atoms with E-state index in [9.17, 15) is 0 Å². The minimum atomic E-state index is 0.678. The molecule has 0 fully saturated rings. The summed E-state index contributed by atoms with van der Waals surface area (Å²) in [6, 6.07) is 10.2. The van der Waals surface area contributed by atoms with E-state index >= 15 is 0 Å². The number of methoxy groups -OCH3 is 1. The van der Waals surface area contributed by atoms with Crippen LogP contribution in [0.1, 0.15) is 25.3 Å². The Morgan fingerprint density at radius 3 is 2.64 bits per heavy atom. The Labute approximate surface area is 134 Å². The maximum absolute atomic E-state index is 5.66. The van der Waals surface area contributed by atoms with E-state index in [1.807, 2.05) is 18.2 Å². The summed E-state index contributed by atoms with van der Waals surface area (Å²) in [7, 11) is 1.70. The number of nitrogens with zero attached hydrogens (tertiary/aromatic N) is 1. The van der Waals surface area contributed by atoms with E-state index in [-0.39, 0.29) is 0 Å². The summed E-state index contributed by atoms with van der Waals surface area (Å²) in [5.74, 6) is 0.852. The molecule has 2 N–H and O–H groups in total. The Bertz CT molecular complexity index is 396. The van der Waals surface area contributed by atoms with Crippen LogP contribution in [0.25, 0.3) is 0 Å². The van der Waals surface area contributed by atoms with Crippen molar-refractivity contribution < 1.29 is 9.47 Å². The molecule has 1 aromatic rings. The maximum atomic E-state index is 5.66.